The van der Waals surface area contributed by atoms with Crippen LogP contribution in [0.3, 0.4) is 0 Å². The molecule has 9 heteroatoms. The van der Waals surface area contributed by atoms with Crippen LogP contribution in [0.5, 0.6) is 0 Å². The molecule has 1 aliphatic heterocycles. The highest BCUT2D eigenvalue weighted by atomic mass is 16.5. The van der Waals surface area contributed by atoms with Crippen molar-refractivity contribution in [3.63, 3.8) is 0 Å². The van der Waals surface area contributed by atoms with E-state index >= 15 is 0 Å². The molecule has 1 fully saturated rings. The molecule has 4 rings (SSSR count). The summed E-state index contributed by atoms with van der Waals surface area (Å²) in [4.78, 5) is 40.7. The van der Waals surface area contributed by atoms with Gasteiger partial charge in [0.2, 0.25) is 0 Å². The number of aromatic nitrogens is 3. The fraction of sp³-hybridized carbons (Fsp3) is 0.417. The monoisotopic (exact) mass is 450 g/mol. The highest BCUT2D eigenvalue weighted by Gasteiger charge is 2.18. The van der Waals surface area contributed by atoms with E-state index in [4.69, 9.17) is 4.74 Å². The number of aryl methyl sites for hydroxylation is 1. The molecular weight excluding hydrogens is 420 g/mol. The van der Waals surface area contributed by atoms with E-state index in [2.05, 4.69) is 30.1 Å². The number of rotatable bonds is 8. The van der Waals surface area contributed by atoms with Crippen LogP contribution >= 0.6 is 0 Å². The van der Waals surface area contributed by atoms with E-state index < -0.39 is 0 Å². The molecule has 1 amide bonds. The van der Waals surface area contributed by atoms with E-state index in [9.17, 15) is 9.59 Å². The normalized spacial score (nSPS) is 14.5. The van der Waals surface area contributed by atoms with Gasteiger partial charge >= 0.3 is 0 Å². The van der Waals surface area contributed by atoms with Crippen LogP contribution in [-0.2, 0) is 17.7 Å². The fourth-order valence-corrected chi connectivity index (χ4v) is 4.00. The Morgan fingerprint density at radius 1 is 1.15 bits per heavy atom. The van der Waals surface area contributed by atoms with Crippen LogP contribution in [0.15, 0.2) is 41.5 Å². The Kier molecular flexibility index (Phi) is 7.31. The largest absolute Gasteiger partial charge is 0.383 e. The maximum Gasteiger partial charge on any atom is 0.269 e. The molecule has 1 saturated heterocycles. The Morgan fingerprint density at radius 2 is 1.97 bits per heavy atom. The molecule has 0 aromatic carbocycles. The smallest absolute Gasteiger partial charge is 0.269 e. The van der Waals surface area contributed by atoms with E-state index in [0.29, 0.717) is 25.3 Å². The SMILES string of the molecule is CCc1cc2ncc(CN3CCN(c4ccc(C(=O)NCCOC)nc4)CC3)cc2[nH]c1=O. The number of ether oxygens (including phenoxy) is 1. The van der Waals surface area contributed by atoms with E-state index in [1.54, 1.807) is 19.4 Å². The van der Waals surface area contributed by atoms with E-state index in [1.807, 2.05) is 31.3 Å². The summed E-state index contributed by atoms with van der Waals surface area (Å²) in [6, 6.07) is 7.60. The number of carbonyl (C=O) groups is 1. The lowest BCUT2D eigenvalue weighted by Crippen LogP contribution is -2.46. The summed E-state index contributed by atoms with van der Waals surface area (Å²) in [5.41, 5.74) is 4.83. The number of piperazine rings is 1. The van der Waals surface area contributed by atoms with Crippen LogP contribution in [0.4, 0.5) is 5.69 Å². The quantitative estimate of drug-likeness (QED) is 0.502. The predicted octanol–water partition coefficient (Wildman–Crippen LogP) is 1.58. The third kappa shape index (κ3) is 5.55. The summed E-state index contributed by atoms with van der Waals surface area (Å²) in [7, 11) is 1.60. The number of aromatic amines is 1. The van der Waals surface area contributed by atoms with Crippen molar-refractivity contribution in [1.82, 2.24) is 25.2 Å². The van der Waals surface area contributed by atoms with Gasteiger partial charge in [-0.25, -0.2) is 4.98 Å². The lowest BCUT2D eigenvalue weighted by atomic mass is 10.1. The van der Waals surface area contributed by atoms with Gasteiger partial charge in [0.1, 0.15) is 5.69 Å². The number of pyridine rings is 3. The minimum Gasteiger partial charge on any atom is -0.383 e. The van der Waals surface area contributed by atoms with Gasteiger partial charge in [-0.15, -0.1) is 0 Å². The molecule has 174 valence electrons. The Bertz CT molecular complexity index is 1150. The second-order valence-corrected chi connectivity index (χ2v) is 8.17. The first-order valence-corrected chi connectivity index (χ1v) is 11.3. The molecule has 0 atom stereocenters. The predicted molar refractivity (Wildman–Crippen MR) is 128 cm³/mol. The Morgan fingerprint density at radius 3 is 2.67 bits per heavy atom. The minimum atomic E-state index is -0.195. The highest BCUT2D eigenvalue weighted by molar-refractivity contribution is 5.92. The van der Waals surface area contributed by atoms with Gasteiger partial charge in [-0.05, 0) is 36.2 Å². The van der Waals surface area contributed by atoms with Crippen LogP contribution in [0, 0.1) is 0 Å². The maximum absolute atomic E-state index is 12.1. The number of carbonyl (C=O) groups excluding carboxylic acids is 1. The third-order valence-corrected chi connectivity index (χ3v) is 5.92. The molecule has 0 spiro atoms. The highest BCUT2D eigenvalue weighted by Crippen LogP contribution is 2.18. The average molecular weight is 451 g/mol. The molecule has 33 heavy (non-hydrogen) atoms. The molecule has 3 aromatic rings. The lowest BCUT2D eigenvalue weighted by Gasteiger charge is -2.36. The van der Waals surface area contributed by atoms with Gasteiger partial charge < -0.3 is 19.9 Å². The van der Waals surface area contributed by atoms with Crippen molar-refractivity contribution in [3.05, 3.63) is 63.8 Å². The van der Waals surface area contributed by atoms with Gasteiger partial charge in [-0.2, -0.15) is 0 Å². The standard InChI is InChI=1S/C24H30N6O3/c1-3-18-13-21-22(28-23(18)31)12-17(14-26-21)16-29-7-9-30(10-8-29)19-4-5-20(27-15-19)24(32)25-6-11-33-2/h4-5,12-15H,3,6-11,16H2,1-2H3,(H,25,32)(H,28,31). The summed E-state index contributed by atoms with van der Waals surface area (Å²) in [5, 5.41) is 2.78. The number of nitrogens with zero attached hydrogens (tertiary/aromatic N) is 4. The number of methoxy groups -OCH3 is 1. The van der Waals surface area contributed by atoms with E-state index in [-0.39, 0.29) is 11.5 Å². The molecule has 0 radical (unpaired) electrons. The maximum atomic E-state index is 12.1. The van der Waals surface area contributed by atoms with Gasteiger partial charge in [0, 0.05) is 58.1 Å². The fourth-order valence-electron chi connectivity index (χ4n) is 4.00. The zero-order chi connectivity index (χ0) is 23.2. The van der Waals surface area contributed by atoms with Gasteiger partial charge in [-0.1, -0.05) is 6.92 Å². The molecule has 4 heterocycles. The minimum absolute atomic E-state index is 0.0374. The van der Waals surface area contributed by atoms with Gasteiger partial charge in [0.05, 0.1) is 29.5 Å². The van der Waals surface area contributed by atoms with Crippen molar-refractivity contribution in [2.24, 2.45) is 0 Å². The van der Waals surface area contributed by atoms with Crippen molar-refractivity contribution >= 4 is 22.6 Å². The second-order valence-electron chi connectivity index (χ2n) is 8.17. The Labute approximate surface area is 192 Å². The number of fused-ring (bicyclic) bond motifs is 1. The topological polar surface area (TPSA) is 103 Å². The molecule has 3 aromatic heterocycles. The zero-order valence-corrected chi connectivity index (χ0v) is 19.1. The summed E-state index contributed by atoms with van der Waals surface area (Å²) in [6.45, 7) is 7.25. The molecular formula is C24H30N6O3. The molecule has 0 unspecified atom stereocenters. The average Bonchev–Trinajstić information content (AvgIpc) is 2.84. The lowest BCUT2D eigenvalue weighted by molar-refractivity contribution is 0.0932. The number of anilines is 1. The van der Waals surface area contributed by atoms with Crippen molar-refractivity contribution in [1.29, 1.82) is 0 Å². The Hall–Kier alpha value is -3.30. The molecule has 2 N–H and O–H groups in total. The zero-order valence-electron chi connectivity index (χ0n) is 19.1. The molecule has 1 aliphatic rings. The number of amides is 1. The van der Waals surface area contributed by atoms with E-state index in [0.717, 1.165) is 60.6 Å². The summed E-state index contributed by atoms with van der Waals surface area (Å²) in [5.74, 6) is -0.195. The van der Waals surface area contributed by atoms with Gasteiger partial charge in [0.25, 0.3) is 11.5 Å². The van der Waals surface area contributed by atoms with Crippen LogP contribution in [0.2, 0.25) is 0 Å². The Balaban J connectivity index is 1.32. The van der Waals surface area contributed by atoms with Crippen LogP contribution in [-0.4, -0.2) is 72.2 Å². The van der Waals surface area contributed by atoms with E-state index in [1.165, 1.54) is 0 Å². The number of hydrogen-bond donors (Lipinski definition) is 2. The molecule has 9 nitrogen and oxygen atoms in total. The first kappa shape index (κ1) is 22.9. The summed E-state index contributed by atoms with van der Waals surface area (Å²) in [6.07, 6.45) is 4.35. The van der Waals surface area contributed by atoms with Gasteiger partial charge in [-0.3, -0.25) is 19.5 Å². The van der Waals surface area contributed by atoms with Crippen LogP contribution < -0.4 is 15.8 Å². The third-order valence-electron chi connectivity index (χ3n) is 5.92. The summed E-state index contributed by atoms with van der Waals surface area (Å²) < 4.78 is 4.94. The van der Waals surface area contributed by atoms with Crippen LogP contribution in [0.1, 0.15) is 28.5 Å². The second kappa shape index (κ2) is 10.5. The first-order chi connectivity index (χ1) is 16.1. The van der Waals surface area contributed by atoms with Crippen molar-refractivity contribution in [3.8, 4) is 0 Å². The van der Waals surface area contributed by atoms with Gasteiger partial charge in [0.15, 0.2) is 0 Å². The van der Waals surface area contributed by atoms with Crippen molar-refractivity contribution < 1.29 is 9.53 Å². The first-order valence-electron chi connectivity index (χ1n) is 11.3. The van der Waals surface area contributed by atoms with Crippen molar-refractivity contribution in [2.45, 2.75) is 19.9 Å². The number of hydrogen-bond acceptors (Lipinski definition) is 7. The molecule has 0 saturated carbocycles. The van der Waals surface area contributed by atoms with Crippen LogP contribution in [0.25, 0.3) is 11.0 Å². The summed E-state index contributed by atoms with van der Waals surface area (Å²) >= 11 is 0. The van der Waals surface area contributed by atoms with Crippen molar-refractivity contribution in [2.75, 3.05) is 51.3 Å². The number of nitrogens with one attached hydrogen (secondary N) is 2. The molecule has 0 bridgehead atoms. The number of H-pyrrole nitrogens is 1. The molecule has 0 aliphatic carbocycles.